The lowest BCUT2D eigenvalue weighted by Crippen LogP contribution is -2.43. The molecule has 0 aromatic heterocycles. The van der Waals surface area contributed by atoms with Crippen molar-refractivity contribution in [3.63, 3.8) is 0 Å². The van der Waals surface area contributed by atoms with Gasteiger partial charge in [0.05, 0.1) is 6.54 Å². The van der Waals surface area contributed by atoms with Gasteiger partial charge in [0, 0.05) is 45.8 Å². The number of benzene rings is 2. The number of nitrogens with zero attached hydrogens (tertiary/aromatic N) is 3. The second-order valence-corrected chi connectivity index (χ2v) is 7.75. The lowest BCUT2D eigenvalue weighted by atomic mass is 10.1. The van der Waals surface area contributed by atoms with Gasteiger partial charge in [0.25, 0.3) is 0 Å². The van der Waals surface area contributed by atoms with E-state index in [1.165, 1.54) is 16.7 Å². The molecule has 1 heterocycles. The minimum Gasteiger partial charge on any atom is -0.357 e. The van der Waals surface area contributed by atoms with Gasteiger partial charge in [0.1, 0.15) is 0 Å². The van der Waals surface area contributed by atoms with E-state index in [0.717, 1.165) is 58.2 Å². The predicted octanol–water partition coefficient (Wildman–Crippen LogP) is 3.35. The Balaban J connectivity index is 0.00000320. The van der Waals surface area contributed by atoms with Crippen molar-refractivity contribution in [2.45, 2.75) is 26.4 Å². The SMILES string of the molecule is CCNC(=NCc1ccc(CN2CCN(C)CC2)cc1)NCCc1ccccc1.I. The van der Waals surface area contributed by atoms with Crippen molar-refractivity contribution in [1.82, 2.24) is 20.4 Å². The number of likely N-dealkylation sites (N-methyl/N-ethyl adjacent to an activating group) is 1. The van der Waals surface area contributed by atoms with Crippen LogP contribution in [-0.4, -0.2) is 62.1 Å². The third-order valence-electron chi connectivity index (χ3n) is 5.34. The van der Waals surface area contributed by atoms with E-state index < -0.39 is 0 Å². The molecule has 6 heteroatoms. The van der Waals surface area contributed by atoms with E-state index in [1.807, 2.05) is 0 Å². The zero-order valence-corrected chi connectivity index (χ0v) is 20.6. The Bertz CT molecular complexity index is 740. The largest absolute Gasteiger partial charge is 0.357 e. The molecule has 2 aromatic carbocycles. The van der Waals surface area contributed by atoms with Crippen LogP contribution >= 0.6 is 24.0 Å². The summed E-state index contributed by atoms with van der Waals surface area (Å²) >= 11 is 0. The van der Waals surface area contributed by atoms with Gasteiger partial charge in [0.2, 0.25) is 0 Å². The summed E-state index contributed by atoms with van der Waals surface area (Å²) in [5.74, 6) is 0.880. The highest BCUT2D eigenvalue weighted by molar-refractivity contribution is 14.0. The Kier molecular flexibility index (Phi) is 11.2. The predicted molar refractivity (Wildman–Crippen MR) is 138 cm³/mol. The summed E-state index contributed by atoms with van der Waals surface area (Å²) in [5.41, 5.74) is 3.97. The van der Waals surface area contributed by atoms with Gasteiger partial charge in [-0.3, -0.25) is 4.90 Å². The number of nitrogens with one attached hydrogen (secondary N) is 2. The highest BCUT2D eigenvalue weighted by Crippen LogP contribution is 2.10. The van der Waals surface area contributed by atoms with Crippen molar-refractivity contribution in [1.29, 1.82) is 0 Å². The van der Waals surface area contributed by atoms with E-state index >= 15 is 0 Å². The first-order chi connectivity index (χ1) is 14.2. The van der Waals surface area contributed by atoms with Crippen molar-refractivity contribution in [2.24, 2.45) is 4.99 Å². The van der Waals surface area contributed by atoms with Crippen molar-refractivity contribution in [3.8, 4) is 0 Å². The summed E-state index contributed by atoms with van der Waals surface area (Å²) in [5, 5.41) is 6.77. The number of hydrogen-bond donors (Lipinski definition) is 2. The van der Waals surface area contributed by atoms with Crippen LogP contribution in [0.4, 0.5) is 0 Å². The van der Waals surface area contributed by atoms with Gasteiger partial charge in [-0.25, -0.2) is 4.99 Å². The molecular weight excluding hydrogens is 485 g/mol. The van der Waals surface area contributed by atoms with Gasteiger partial charge in [-0.15, -0.1) is 24.0 Å². The molecule has 0 saturated carbocycles. The molecule has 5 nitrogen and oxygen atoms in total. The van der Waals surface area contributed by atoms with Gasteiger partial charge in [0.15, 0.2) is 5.96 Å². The van der Waals surface area contributed by atoms with Crippen molar-refractivity contribution in [2.75, 3.05) is 46.3 Å². The minimum absolute atomic E-state index is 0. The van der Waals surface area contributed by atoms with Crippen LogP contribution in [0.2, 0.25) is 0 Å². The Morgan fingerprint density at radius 2 is 1.53 bits per heavy atom. The molecule has 0 atom stereocenters. The highest BCUT2D eigenvalue weighted by atomic mass is 127. The number of halogens is 1. The third-order valence-corrected chi connectivity index (χ3v) is 5.34. The van der Waals surface area contributed by atoms with Gasteiger partial charge in [-0.2, -0.15) is 0 Å². The van der Waals surface area contributed by atoms with E-state index in [0.29, 0.717) is 6.54 Å². The molecule has 0 bridgehead atoms. The van der Waals surface area contributed by atoms with Gasteiger partial charge < -0.3 is 15.5 Å². The lowest BCUT2D eigenvalue weighted by molar-refractivity contribution is 0.148. The van der Waals surface area contributed by atoms with Crippen LogP contribution in [0.15, 0.2) is 59.6 Å². The van der Waals surface area contributed by atoms with Crippen molar-refractivity contribution >= 4 is 29.9 Å². The average Bonchev–Trinajstić information content (AvgIpc) is 2.75. The second kappa shape index (κ2) is 13.6. The van der Waals surface area contributed by atoms with Gasteiger partial charge >= 0.3 is 0 Å². The quantitative estimate of drug-likeness (QED) is 0.318. The smallest absolute Gasteiger partial charge is 0.191 e. The van der Waals surface area contributed by atoms with Gasteiger partial charge in [-0.05, 0) is 37.1 Å². The fraction of sp³-hybridized carbons (Fsp3) is 0.458. The maximum atomic E-state index is 4.75. The molecule has 1 aliphatic heterocycles. The van der Waals surface area contributed by atoms with E-state index in [2.05, 4.69) is 89.0 Å². The zero-order valence-electron chi connectivity index (χ0n) is 18.3. The molecule has 164 valence electrons. The van der Waals surface area contributed by atoms with E-state index in [-0.39, 0.29) is 24.0 Å². The maximum Gasteiger partial charge on any atom is 0.191 e. The van der Waals surface area contributed by atoms with Crippen LogP contribution in [0.5, 0.6) is 0 Å². The standard InChI is InChI=1S/C24H35N5.HI/c1-3-25-24(26-14-13-21-7-5-4-6-8-21)27-19-22-9-11-23(12-10-22)20-29-17-15-28(2)16-18-29;/h4-12H,3,13-20H2,1-2H3,(H2,25,26,27);1H. The fourth-order valence-electron chi connectivity index (χ4n) is 3.50. The third kappa shape index (κ3) is 8.62. The summed E-state index contributed by atoms with van der Waals surface area (Å²) in [6.45, 7) is 10.2. The van der Waals surface area contributed by atoms with Crippen LogP contribution in [0.1, 0.15) is 23.6 Å². The Labute approximate surface area is 199 Å². The summed E-state index contributed by atoms with van der Waals surface area (Å²) in [6, 6.07) is 19.5. The molecule has 0 spiro atoms. The molecule has 0 unspecified atom stereocenters. The summed E-state index contributed by atoms with van der Waals surface area (Å²) < 4.78 is 0. The minimum atomic E-state index is 0. The molecular formula is C24H36IN5. The Morgan fingerprint density at radius 3 is 2.20 bits per heavy atom. The number of aliphatic imine (C=N–C) groups is 1. The van der Waals surface area contributed by atoms with Crippen LogP contribution in [0.3, 0.4) is 0 Å². The van der Waals surface area contributed by atoms with Crippen LogP contribution in [-0.2, 0) is 19.5 Å². The molecule has 2 aromatic rings. The molecule has 1 fully saturated rings. The summed E-state index contributed by atoms with van der Waals surface area (Å²) in [7, 11) is 2.20. The first-order valence-corrected chi connectivity index (χ1v) is 10.8. The first-order valence-electron chi connectivity index (χ1n) is 10.8. The van der Waals surface area contributed by atoms with E-state index in [9.17, 15) is 0 Å². The second-order valence-electron chi connectivity index (χ2n) is 7.75. The summed E-state index contributed by atoms with van der Waals surface area (Å²) in [4.78, 5) is 9.68. The highest BCUT2D eigenvalue weighted by Gasteiger charge is 2.13. The summed E-state index contributed by atoms with van der Waals surface area (Å²) in [6.07, 6.45) is 0.992. The molecule has 0 radical (unpaired) electrons. The number of guanidine groups is 1. The van der Waals surface area contributed by atoms with Crippen LogP contribution in [0.25, 0.3) is 0 Å². The molecule has 30 heavy (non-hydrogen) atoms. The Hall–Kier alpha value is -1.64. The van der Waals surface area contributed by atoms with Crippen LogP contribution in [0, 0.1) is 0 Å². The lowest BCUT2D eigenvalue weighted by Gasteiger charge is -2.32. The number of hydrogen-bond acceptors (Lipinski definition) is 3. The molecule has 0 amide bonds. The van der Waals surface area contributed by atoms with Crippen molar-refractivity contribution < 1.29 is 0 Å². The van der Waals surface area contributed by atoms with E-state index in [4.69, 9.17) is 4.99 Å². The maximum absolute atomic E-state index is 4.75. The molecule has 2 N–H and O–H groups in total. The number of rotatable bonds is 8. The molecule has 3 rings (SSSR count). The van der Waals surface area contributed by atoms with Crippen molar-refractivity contribution in [3.05, 3.63) is 71.3 Å². The van der Waals surface area contributed by atoms with Gasteiger partial charge in [-0.1, -0.05) is 54.6 Å². The first kappa shape index (κ1) is 24.6. The molecule has 1 saturated heterocycles. The Morgan fingerprint density at radius 1 is 0.867 bits per heavy atom. The van der Waals surface area contributed by atoms with Crippen LogP contribution < -0.4 is 10.6 Å². The topological polar surface area (TPSA) is 42.9 Å². The normalized spacial score (nSPS) is 15.5. The fourth-order valence-corrected chi connectivity index (χ4v) is 3.50. The average molecular weight is 521 g/mol. The zero-order chi connectivity index (χ0) is 20.3. The van der Waals surface area contributed by atoms with E-state index in [1.54, 1.807) is 0 Å². The monoisotopic (exact) mass is 521 g/mol. The molecule has 1 aliphatic rings. The molecule has 0 aliphatic carbocycles. The number of piperazine rings is 1.